The van der Waals surface area contributed by atoms with E-state index in [2.05, 4.69) is 96.6 Å². The fourth-order valence-corrected chi connectivity index (χ4v) is 11.6. The van der Waals surface area contributed by atoms with E-state index in [-0.39, 0.29) is 5.41 Å². The highest BCUT2D eigenvalue weighted by Crippen LogP contribution is 2.57. The van der Waals surface area contributed by atoms with Crippen molar-refractivity contribution in [3.05, 3.63) is 230 Å². The summed E-state index contributed by atoms with van der Waals surface area (Å²) in [6.07, 6.45) is 18.4. The molecule has 2 N–H and O–H groups in total. The number of unbranched alkanes of at least 4 members (excludes halogenated alkanes) is 6. The van der Waals surface area contributed by atoms with Crippen LogP contribution in [0.5, 0.6) is 23.0 Å². The minimum Gasteiger partial charge on any atom is -0.457 e. The van der Waals surface area contributed by atoms with Crippen molar-refractivity contribution in [2.45, 2.75) is 83.5 Å². The summed E-state index contributed by atoms with van der Waals surface area (Å²) in [7, 11) is 0. The van der Waals surface area contributed by atoms with Crippen LogP contribution in [0.25, 0.3) is 72.4 Å². The van der Waals surface area contributed by atoms with E-state index in [4.69, 9.17) is 35.6 Å². The first-order chi connectivity index (χ1) is 40.0. The lowest BCUT2D eigenvalue weighted by molar-refractivity contribution is 0.401. The van der Waals surface area contributed by atoms with E-state index in [1.54, 1.807) is 29.6 Å². The van der Waals surface area contributed by atoms with Crippen molar-refractivity contribution in [1.82, 2.24) is 25.0 Å². The smallest absolute Gasteiger partial charge is 0.127 e. The van der Waals surface area contributed by atoms with Crippen molar-refractivity contribution < 1.29 is 9.47 Å². The van der Waals surface area contributed by atoms with E-state index < -0.39 is 0 Å². The maximum atomic E-state index is 7.31. The van der Waals surface area contributed by atoms with Gasteiger partial charge in [0.1, 0.15) is 39.7 Å². The number of hydrogen-bond acceptors (Lipinski definition) is 9. The predicted octanol–water partition coefficient (Wildman–Crippen LogP) is 19.7. The number of rotatable bonds is 21. The first kappa shape index (κ1) is 52.2. The summed E-state index contributed by atoms with van der Waals surface area (Å²) in [6.45, 7) is 4.59. The molecule has 0 saturated carbocycles. The van der Waals surface area contributed by atoms with Gasteiger partial charge in [0.15, 0.2) is 0 Å². The highest BCUT2D eigenvalue weighted by Gasteiger charge is 2.43. The van der Waals surface area contributed by atoms with Crippen LogP contribution in [0.4, 0.5) is 17.1 Å². The molecule has 0 fully saturated rings. The van der Waals surface area contributed by atoms with E-state index in [0.717, 1.165) is 110 Å². The van der Waals surface area contributed by atoms with Gasteiger partial charge in [0.25, 0.3) is 0 Å². The zero-order valence-corrected chi connectivity index (χ0v) is 45.9. The average molecular weight is 1060 g/mol. The van der Waals surface area contributed by atoms with Gasteiger partial charge in [-0.2, -0.15) is 9.91 Å². The zero-order chi connectivity index (χ0) is 55.0. The van der Waals surface area contributed by atoms with Gasteiger partial charge in [-0.05, 0) is 142 Å². The Kier molecular flexibility index (Phi) is 15.3. The molecule has 400 valence electrons. The summed E-state index contributed by atoms with van der Waals surface area (Å²) >= 11 is 0. The molecule has 8 aromatic carbocycles. The molecule has 1 aliphatic rings. The Bertz CT molecular complexity index is 3950. The normalized spacial score (nSPS) is 12.4. The second-order valence-corrected chi connectivity index (χ2v) is 21.0. The van der Waals surface area contributed by atoms with Gasteiger partial charge in [-0.3, -0.25) is 9.97 Å². The predicted molar refractivity (Wildman–Crippen MR) is 328 cm³/mol. The molecule has 0 radical (unpaired) electrons. The number of anilines is 1. The second-order valence-electron chi connectivity index (χ2n) is 21.0. The molecule has 0 amide bonds. The standard InChI is InChI=1S/C71H64N8O2/c1-3-5-7-15-41-71(42-16-8-6-4-2)65-47-51(61-34-33-59(67(72)68(61)76-75-53-37-43-73-44-38-53)49-21-27-57(28-22-49)80-55-17-11-9-12-18-55)25-31-63(65)64-32-26-52(48-66(64)71)62-36-35-60(69-70(62)78-79(77-69)54-39-45-74-46-40-54)50-23-29-58(30-24-50)81-56-19-13-10-14-20-56/h9-14,17-40,43-48H,3-8,15-16,41-42,72H2,1-2H3. The van der Waals surface area contributed by atoms with Crippen molar-refractivity contribution in [2.75, 3.05) is 5.73 Å². The number of aromatic nitrogens is 5. The number of nitrogens with two attached hydrogens (primary N) is 1. The first-order valence-electron chi connectivity index (χ1n) is 28.5. The molecule has 0 bridgehead atoms. The molecule has 0 saturated heterocycles. The molecule has 0 spiro atoms. The highest BCUT2D eigenvalue weighted by atomic mass is 16.5. The van der Waals surface area contributed by atoms with Crippen LogP contribution in [0.1, 0.15) is 89.2 Å². The molecule has 11 aromatic rings. The number of pyridine rings is 2. The van der Waals surface area contributed by atoms with Crippen molar-refractivity contribution in [2.24, 2.45) is 10.2 Å². The Morgan fingerprint density at radius 3 is 1.38 bits per heavy atom. The van der Waals surface area contributed by atoms with Crippen LogP contribution in [0.15, 0.2) is 229 Å². The molecular formula is C71H64N8O2. The third kappa shape index (κ3) is 11.0. The lowest BCUT2D eigenvalue weighted by Crippen LogP contribution is -2.25. The molecule has 81 heavy (non-hydrogen) atoms. The van der Waals surface area contributed by atoms with E-state index in [1.807, 2.05) is 121 Å². The minimum absolute atomic E-state index is 0.261. The van der Waals surface area contributed by atoms with Crippen molar-refractivity contribution in [3.8, 4) is 84.3 Å². The van der Waals surface area contributed by atoms with Gasteiger partial charge in [-0.1, -0.05) is 174 Å². The van der Waals surface area contributed by atoms with Gasteiger partial charge in [0, 0.05) is 52.5 Å². The summed E-state index contributed by atoms with van der Waals surface area (Å²) in [5.41, 5.74) is 24.6. The van der Waals surface area contributed by atoms with E-state index in [1.165, 1.54) is 60.8 Å². The fourth-order valence-electron chi connectivity index (χ4n) is 11.6. The number of ether oxygens (including phenoxy) is 2. The van der Waals surface area contributed by atoms with E-state index in [9.17, 15) is 0 Å². The summed E-state index contributed by atoms with van der Waals surface area (Å²) < 4.78 is 12.3. The Hall–Kier alpha value is -9.54. The zero-order valence-electron chi connectivity index (χ0n) is 45.9. The van der Waals surface area contributed by atoms with Crippen molar-refractivity contribution in [1.29, 1.82) is 0 Å². The SMILES string of the molecule is CCCCCCC1(CCCCCC)c2cc(-c3ccc(-c4ccc(Oc5ccccc5)cc4)c(N)c3N=Nc3ccncc3)ccc2-c2ccc(-c3ccc(-c4ccc(Oc5ccccc5)cc4)c4nn(-c5ccncc5)nc34)cc21. The molecule has 10 heteroatoms. The lowest BCUT2D eigenvalue weighted by atomic mass is 9.70. The molecule has 10 nitrogen and oxygen atoms in total. The van der Waals surface area contributed by atoms with Gasteiger partial charge in [0.05, 0.1) is 17.1 Å². The molecule has 3 heterocycles. The largest absolute Gasteiger partial charge is 0.457 e. The maximum absolute atomic E-state index is 7.31. The van der Waals surface area contributed by atoms with Crippen LogP contribution in [-0.4, -0.2) is 25.0 Å². The average Bonchev–Trinajstić information content (AvgIpc) is 4.31. The van der Waals surface area contributed by atoms with Gasteiger partial charge in [-0.25, -0.2) is 0 Å². The number of hydrogen-bond donors (Lipinski definition) is 1. The third-order valence-electron chi connectivity index (χ3n) is 15.8. The molecule has 1 aliphatic carbocycles. The number of azo groups is 1. The van der Waals surface area contributed by atoms with Gasteiger partial charge in [-0.15, -0.1) is 15.3 Å². The first-order valence-corrected chi connectivity index (χ1v) is 28.5. The quantitative estimate of drug-likeness (QED) is 0.0431. The number of fused-ring (bicyclic) bond motifs is 4. The fraction of sp³-hybridized carbons (Fsp3) is 0.183. The van der Waals surface area contributed by atoms with Gasteiger partial charge < -0.3 is 15.2 Å². The van der Waals surface area contributed by atoms with Crippen LogP contribution in [0.2, 0.25) is 0 Å². The summed E-state index contributed by atoms with van der Waals surface area (Å²) in [5.74, 6) is 3.07. The van der Waals surface area contributed by atoms with Crippen molar-refractivity contribution >= 4 is 28.1 Å². The second kappa shape index (κ2) is 23.8. The van der Waals surface area contributed by atoms with Crippen LogP contribution in [-0.2, 0) is 5.41 Å². The molecule has 0 aliphatic heterocycles. The van der Waals surface area contributed by atoms with Crippen molar-refractivity contribution in [3.63, 3.8) is 0 Å². The van der Waals surface area contributed by atoms with Gasteiger partial charge in [0.2, 0.25) is 0 Å². The Labute approximate surface area is 474 Å². The van der Waals surface area contributed by atoms with Crippen LogP contribution < -0.4 is 15.2 Å². The Balaban J connectivity index is 0.970. The number of nitrogens with zero attached hydrogens (tertiary/aromatic N) is 7. The molecular weight excluding hydrogens is 997 g/mol. The van der Waals surface area contributed by atoms with E-state index in [0.29, 0.717) is 17.1 Å². The summed E-state index contributed by atoms with van der Waals surface area (Å²) in [6, 6.07) is 66.4. The monoisotopic (exact) mass is 1060 g/mol. The number of benzene rings is 8. The maximum Gasteiger partial charge on any atom is 0.127 e. The lowest BCUT2D eigenvalue weighted by Gasteiger charge is -2.33. The highest BCUT2D eigenvalue weighted by molar-refractivity contribution is 6.01. The minimum atomic E-state index is -0.261. The number of para-hydroxylation sites is 2. The van der Waals surface area contributed by atoms with E-state index >= 15 is 0 Å². The van der Waals surface area contributed by atoms with Crippen LogP contribution >= 0.6 is 0 Å². The Morgan fingerprint density at radius 2 is 0.852 bits per heavy atom. The molecule has 12 rings (SSSR count). The molecule has 0 unspecified atom stereocenters. The molecule has 3 aromatic heterocycles. The van der Waals surface area contributed by atoms with Crippen LogP contribution in [0.3, 0.4) is 0 Å². The summed E-state index contributed by atoms with van der Waals surface area (Å²) in [5, 5.41) is 20.2. The number of nitrogen functional groups attached to an aromatic ring is 1. The van der Waals surface area contributed by atoms with Crippen LogP contribution in [0, 0.1) is 0 Å². The topological polar surface area (TPSA) is 126 Å². The van der Waals surface area contributed by atoms with Gasteiger partial charge >= 0.3 is 0 Å². The molecule has 0 atom stereocenters. The Morgan fingerprint density at radius 1 is 0.420 bits per heavy atom. The summed E-state index contributed by atoms with van der Waals surface area (Å²) in [4.78, 5) is 10.3. The third-order valence-corrected chi connectivity index (χ3v) is 15.8.